The molecule has 2 rings (SSSR count). The van der Waals surface area contributed by atoms with Gasteiger partial charge in [0, 0.05) is 18.8 Å². The summed E-state index contributed by atoms with van der Waals surface area (Å²) in [6.07, 6.45) is 1.75. The Bertz CT molecular complexity index is 526. The smallest absolute Gasteiger partial charge is 0.125 e. The van der Waals surface area contributed by atoms with Crippen molar-refractivity contribution in [1.82, 2.24) is 4.98 Å². The van der Waals surface area contributed by atoms with Crippen LogP contribution >= 0.6 is 0 Å². The molecule has 1 aromatic heterocycles. The highest BCUT2D eigenvalue weighted by atomic mass is 19.1. The highest BCUT2D eigenvalue weighted by molar-refractivity contribution is 5.35. The molecule has 0 bridgehead atoms. The maximum Gasteiger partial charge on any atom is 0.125 e. The van der Waals surface area contributed by atoms with Crippen LogP contribution in [-0.2, 0) is 6.61 Å². The molecule has 2 aromatic rings. The van der Waals surface area contributed by atoms with Gasteiger partial charge in [-0.3, -0.25) is 0 Å². The van der Waals surface area contributed by atoms with Gasteiger partial charge in [0.1, 0.15) is 24.0 Å². The predicted octanol–water partition coefficient (Wildman–Crippen LogP) is 3.15. The van der Waals surface area contributed by atoms with Crippen LogP contribution in [0.3, 0.4) is 0 Å². The van der Waals surface area contributed by atoms with Crippen molar-refractivity contribution in [3.63, 3.8) is 0 Å². The van der Waals surface area contributed by atoms with Crippen LogP contribution in [-0.4, -0.2) is 12.0 Å². The zero-order chi connectivity index (χ0) is 13.0. The first-order chi connectivity index (χ1) is 8.69. The van der Waals surface area contributed by atoms with Crippen LogP contribution in [0.1, 0.15) is 11.1 Å². The Labute approximate surface area is 106 Å². The molecule has 94 valence electrons. The van der Waals surface area contributed by atoms with Crippen LogP contribution in [0.4, 0.5) is 10.2 Å². The first kappa shape index (κ1) is 12.4. The van der Waals surface area contributed by atoms with Crippen molar-refractivity contribution in [2.24, 2.45) is 0 Å². The lowest BCUT2D eigenvalue weighted by Gasteiger charge is -2.09. The first-order valence-electron chi connectivity index (χ1n) is 5.70. The fourth-order valence-electron chi connectivity index (χ4n) is 1.59. The van der Waals surface area contributed by atoms with Crippen LogP contribution in [0.2, 0.25) is 0 Å². The molecule has 1 heterocycles. The molecule has 1 N–H and O–H groups in total. The molecule has 0 saturated heterocycles. The van der Waals surface area contributed by atoms with E-state index in [1.807, 2.05) is 26.1 Å². The van der Waals surface area contributed by atoms with Crippen LogP contribution in [0, 0.1) is 12.7 Å². The number of nitrogens with one attached hydrogen (secondary N) is 1. The summed E-state index contributed by atoms with van der Waals surface area (Å²) in [7, 11) is 1.82. The van der Waals surface area contributed by atoms with Crippen LogP contribution < -0.4 is 10.1 Å². The van der Waals surface area contributed by atoms with E-state index in [9.17, 15) is 4.39 Å². The monoisotopic (exact) mass is 246 g/mol. The zero-order valence-corrected chi connectivity index (χ0v) is 10.4. The standard InChI is InChI=1S/C14H15FN2O/c1-10-7-12(15)4-5-13(10)18-9-11-3-6-14(16-2)17-8-11/h3-8H,9H2,1-2H3,(H,16,17). The number of hydrogen-bond donors (Lipinski definition) is 1. The van der Waals surface area contributed by atoms with Gasteiger partial charge in [-0.25, -0.2) is 9.37 Å². The number of benzene rings is 1. The second-order valence-electron chi connectivity index (χ2n) is 4.00. The van der Waals surface area contributed by atoms with Gasteiger partial charge in [-0.15, -0.1) is 0 Å². The largest absolute Gasteiger partial charge is 0.489 e. The lowest BCUT2D eigenvalue weighted by Crippen LogP contribution is -1.99. The van der Waals surface area contributed by atoms with Crippen molar-refractivity contribution in [2.45, 2.75) is 13.5 Å². The molecular formula is C14H15FN2O. The van der Waals surface area contributed by atoms with E-state index in [1.165, 1.54) is 12.1 Å². The molecule has 0 aliphatic heterocycles. The van der Waals surface area contributed by atoms with Gasteiger partial charge in [-0.1, -0.05) is 6.07 Å². The second kappa shape index (κ2) is 5.49. The minimum Gasteiger partial charge on any atom is -0.489 e. The van der Waals surface area contributed by atoms with Gasteiger partial charge in [0.15, 0.2) is 0 Å². The number of anilines is 1. The summed E-state index contributed by atoms with van der Waals surface area (Å²) in [4.78, 5) is 4.19. The van der Waals surface area contributed by atoms with E-state index in [0.29, 0.717) is 12.4 Å². The average Bonchev–Trinajstić information content (AvgIpc) is 2.38. The summed E-state index contributed by atoms with van der Waals surface area (Å²) in [5, 5.41) is 2.95. The molecule has 0 amide bonds. The Balaban J connectivity index is 2.02. The van der Waals surface area contributed by atoms with Crippen LogP contribution in [0.15, 0.2) is 36.5 Å². The van der Waals surface area contributed by atoms with Crippen LogP contribution in [0.5, 0.6) is 5.75 Å². The van der Waals surface area contributed by atoms with E-state index in [2.05, 4.69) is 10.3 Å². The molecule has 0 spiro atoms. The van der Waals surface area contributed by atoms with Crippen molar-refractivity contribution in [1.29, 1.82) is 0 Å². The summed E-state index contributed by atoms with van der Waals surface area (Å²) in [6, 6.07) is 8.32. The van der Waals surface area contributed by atoms with E-state index in [0.717, 1.165) is 16.9 Å². The minimum atomic E-state index is -0.250. The van der Waals surface area contributed by atoms with Crippen molar-refractivity contribution in [3.05, 3.63) is 53.5 Å². The third-order valence-electron chi connectivity index (χ3n) is 2.61. The van der Waals surface area contributed by atoms with E-state index < -0.39 is 0 Å². The molecule has 0 aliphatic carbocycles. The molecule has 0 unspecified atom stereocenters. The van der Waals surface area contributed by atoms with Crippen molar-refractivity contribution < 1.29 is 9.13 Å². The second-order valence-corrected chi connectivity index (χ2v) is 4.00. The quantitative estimate of drug-likeness (QED) is 0.899. The third kappa shape index (κ3) is 2.97. The third-order valence-corrected chi connectivity index (χ3v) is 2.61. The van der Waals surface area contributed by atoms with Gasteiger partial charge in [0.25, 0.3) is 0 Å². The maximum atomic E-state index is 12.9. The molecule has 1 aromatic carbocycles. The van der Waals surface area contributed by atoms with Gasteiger partial charge in [-0.05, 0) is 36.8 Å². The number of pyridine rings is 1. The number of halogens is 1. The van der Waals surface area contributed by atoms with Crippen molar-refractivity contribution >= 4 is 5.82 Å². The lowest BCUT2D eigenvalue weighted by atomic mass is 10.2. The molecule has 0 radical (unpaired) electrons. The Morgan fingerprint density at radius 2 is 2.11 bits per heavy atom. The van der Waals surface area contributed by atoms with Crippen molar-refractivity contribution in [3.8, 4) is 5.75 Å². The molecule has 0 fully saturated rings. The van der Waals surface area contributed by atoms with Gasteiger partial charge in [0.2, 0.25) is 0 Å². The Morgan fingerprint density at radius 3 is 2.72 bits per heavy atom. The predicted molar refractivity (Wildman–Crippen MR) is 69.3 cm³/mol. The molecule has 0 atom stereocenters. The molecule has 0 aliphatic rings. The Kier molecular flexibility index (Phi) is 3.77. The van der Waals surface area contributed by atoms with E-state index in [-0.39, 0.29) is 5.82 Å². The summed E-state index contributed by atoms with van der Waals surface area (Å²) < 4.78 is 18.5. The number of hydrogen-bond acceptors (Lipinski definition) is 3. The molecule has 3 nitrogen and oxygen atoms in total. The van der Waals surface area contributed by atoms with Crippen molar-refractivity contribution in [2.75, 3.05) is 12.4 Å². The highest BCUT2D eigenvalue weighted by Gasteiger charge is 2.02. The average molecular weight is 246 g/mol. The summed E-state index contributed by atoms with van der Waals surface area (Å²) in [5.41, 5.74) is 1.76. The highest BCUT2D eigenvalue weighted by Crippen LogP contribution is 2.19. The number of aryl methyl sites for hydroxylation is 1. The topological polar surface area (TPSA) is 34.1 Å². The van der Waals surface area contributed by atoms with E-state index in [1.54, 1.807) is 12.3 Å². The molecule has 0 saturated carbocycles. The van der Waals surface area contributed by atoms with E-state index >= 15 is 0 Å². The molecule has 18 heavy (non-hydrogen) atoms. The van der Waals surface area contributed by atoms with Crippen LogP contribution in [0.25, 0.3) is 0 Å². The first-order valence-corrected chi connectivity index (χ1v) is 5.70. The van der Waals surface area contributed by atoms with Gasteiger partial charge in [-0.2, -0.15) is 0 Å². The Hall–Kier alpha value is -2.10. The molecule has 4 heteroatoms. The number of aromatic nitrogens is 1. The summed E-state index contributed by atoms with van der Waals surface area (Å²) in [6.45, 7) is 2.24. The summed E-state index contributed by atoms with van der Waals surface area (Å²) >= 11 is 0. The number of rotatable bonds is 4. The minimum absolute atomic E-state index is 0.250. The fraction of sp³-hybridized carbons (Fsp3) is 0.214. The van der Waals surface area contributed by atoms with Gasteiger partial charge >= 0.3 is 0 Å². The molecular weight excluding hydrogens is 231 g/mol. The zero-order valence-electron chi connectivity index (χ0n) is 10.4. The SMILES string of the molecule is CNc1ccc(COc2ccc(F)cc2C)cn1. The Morgan fingerprint density at radius 1 is 1.28 bits per heavy atom. The van der Waals surface area contributed by atoms with Gasteiger partial charge < -0.3 is 10.1 Å². The number of nitrogens with zero attached hydrogens (tertiary/aromatic N) is 1. The summed E-state index contributed by atoms with van der Waals surface area (Å²) in [5.74, 6) is 1.26. The lowest BCUT2D eigenvalue weighted by molar-refractivity contribution is 0.303. The maximum absolute atomic E-state index is 12.9. The van der Waals surface area contributed by atoms with E-state index in [4.69, 9.17) is 4.74 Å². The fourth-order valence-corrected chi connectivity index (χ4v) is 1.59. The number of ether oxygens (including phenoxy) is 1. The normalized spacial score (nSPS) is 10.2. The van der Waals surface area contributed by atoms with Gasteiger partial charge in [0.05, 0.1) is 0 Å².